The van der Waals surface area contributed by atoms with Crippen LogP contribution in [0.4, 0.5) is 0 Å². The van der Waals surface area contributed by atoms with Gasteiger partial charge >= 0.3 is 0 Å². The quantitative estimate of drug-likeness (QED) is 0.854. The van der Waals surface area contributed by atoms with E-state index in [0.717, 1.165) is 51.5 Å². The van der Waals surface area contributed by atoms with Gasteiger partial charge in [-0.05, 0) is 32.1 Å². The van der Waals surface area contributed by atoms with Crippen LogP contribution in [0.1, 0.15) is 51.4 Å². The Bertz CT molecular complexity index is 348. The van der Waals surface area contributed by atoms with E-state index in [4.69, 9.17) is 0 Å². The Morgan fingerprint density at radius 1 is 1.00 bits per heavy atom. The summed E-state index contributed by atoms with van der Waals surface area (Å²) >= 11 is 0. The maximum absolute atomic E-state index is 12.5. The van der Waals surface area contributed by atoms with Gasteiger partial charge in [0.15, 0.2) is 0 Å². The van der Waals surface area contributed by atoms with Crippen LogP contribution < -0.4 is 0 Å². The van der Waals surface area contributed by atoms with Gasteiger partial charge < -0.3 is 10.0 Å². The number of aliphatic hydroxyl groups excluding tert-OH is 1. The summed E-state index contributed by atoms with van der Waals surface area (Å²) in [7, 11) is 0. The maximum atomic E-state index is 12.5. The lowest BCUT2D eigenvalue weighted by Gasteiger charge is -2.33. The summed E-state index contributed by atoms with van der Waals surface area (Å²) in [5, 5.41) is 9.43. The van der Waals surface area contributed by atoms with Gasteiger partial charge in [-0.3, -0.25) is 9.69 Å². The Morgan fingerprint density at radius 3 is 2.40 bits per heavy atom. The zero-order chi connectivity index (χ0) is 14.0. The van der Waals surface area contributed by atoms with Crippen LogP contribution in [0.3, 0.4) is 0 Å². The zero-order valence-electron chi connectivity index (χ0n) is 12.5. The van der Waals surface area contributed by atoms with Crippen LogP contribution in [-0.4, -0.2) is 59.6 Å². The van der Waals surface area contributed by atoms with Crippen molar-refractivity contribution in [2.45, 2.75) is 57.4 Å². The first-order valence-electron chi connectivity index (χ1n) is 8.39. The van der Waals surface area contributed by atoms with E-state index in [0.29, 0.717) is 0 Å². The monoisotopic (exact) mass is 280 g/mol. The minimum Gasteiger partial charge on any atom is -0.395 e. The van der Waals surface area contributed by atoms with Crippen LogP contribution in [0.15, 0.2) is 0 Å². The fourth-order valence-corrected chi connectivity index (χ4v) is 3.88. The van der Waals surface area contributed by atoms with Crippen LogP contribution in [0.5, 0.6) is 0 Å². The molecule has 1 amide bonds. The van der Waals surface area contributed by atoms with Gasteiger partial charge in [-0.25, -0.2) is 0 Å². The van der Waals surface area contributed by atoms with Crippen molar-refractivity contribution >= 4 is 5.91 Å². The molecular weight excluding hydrogens is 252 g/mol. The SMILES string of the molecule is O=C(N1CCCN(C2CCCCC2)CC1)C1(CO)CC1. The molecule has 3 rings (SSSR count). The number of hydrogen-bond donors (Lipinski definition) is 1. The Kier molecular flexibility index (Phi) is 4.32. The van der Waals surface area contributed by atoms with Gasteiger partial charge in [-0.1, -0.05) is 19.3 Å². The van der Waals surface area contributed by atoms with Crippen LogP contribution in [0, 0.1) is 5.41 Å². The molecule has 0 aromatic rings. The first kappa shape index (κ1) is 14.3. The van der Waals surface area contributed by atoms with Crippen molar-refractivity contribution in [3.63, 3.8) is 0 Å². The van der Waals surface area contributed by atoms with Crippen molar-refractivity contribution in [2.75, 3.05) is 32.8 Å². The molecular formula is C16H28N2O2. The molecule has 0 atom stereocenters. The van der Waals surface area contributed by atoms with Crippen molar-refractivity contribution in [2.24, 2.45) is 5.41 Å². The van der Waals surface area contributed by atoms with Gasteiger partial charge in [0.25, 0.3) is 0 Å². The minimum absolute atomic E-state index is 0.0364. The molecule has 3 aliphatic rings. The Labute approximate surface area is 122 Å². The molecule has 0 bridgehead atoms. The molecule has 20 heavy (non-hydrogen) atoms. The molecule has 1 saturated heterocycles. The highest BCUT2D eigenvalue weighted by molar-refractivity contribution is 5.85. The molecule has 0 radical (unpaired) electrons. The van der Waals surface area contributed by atoms with Crippen molar-refractivity contribution in [1.82, 2.24) is 9.80 Å². The average Bonchev–Trinajstić information content (AvgIpc) is 3.31. The second kappa shape index (κ2) is 6.02. The van der Waals surface area contributed by atoms with Gasteiger partial charge in [0.1, 0.15) is 0 Å². The lowest BCUT2D eigenvalue weighted by atomic mass is 9.94. The van der Waals surface area contributed by atoms with E-state index in [1.807, 2.05) is 4.90 Å². The highest BCUT2D eigenvalue weighted by atomic mass is 16.3. The zero-order valence-corrected chi connectivity index (χ0v) is 12.5. The third-order valence-corrected chi connectivity index (χ3v) is 5.52. The third kappa shape index (κ3) is 2.86. The van der Waals surface area contributed by atoms with E-state index >= 15 is 0 Å². The molecule has 2 aliphatic carbocycles. The fourth-order valence-electron chi connectivity index (χ4n) is 3.88. The van der Waals surface area contributed by atoms with E-state index in [-0.39, 0.29) is 17.9 Å². The molecule has 4 nitrogen and oxygen atoms in total. The van der Waals surface area contributed by atoms with Crippen LogP contribution in [0.25, 0.3) is 0 Å². The molecule has 2 saturated carbocycles. The molecule has 114 valence electrons. The lowest BCUT2D eigenvalue weighted by Crippen LogP contribution is -2.43. The summed E-state index contributed by atoms with van der Waals surface area (Å²) in [4.78, 5) is 17.1. The van der Waals surface area contributed by atoms with Gasteiger partial charge in [0.05, 0.1) is 12.0 Å². The highest BCUT2D eigenvalue weighted by Gasteiger charge is 2.51. The number of aliphatic hydroxyl groups is 1. The lowest BCUT2D eigenvalue weighted by molar-refractivity contribution is -0.138. The number of hydrogen-bond acceptors (Lipinski definition) is 3. The van der Waals surface area contributed by atoms with E-state index in [1.165, 1.54) is 32.1 Å². The van der Waals surface area contributed by atoms with Gasteiger partial charge in [0, 0.05) is 32.2 Å². The molecule has 0 unspecified atom stereocenters. The summed E-state index contributed by atoms with van der Waals surface area (Å²) in [6, 6.07) is 0.756. The van der Waals surface area contributed by atoms with Crippen LogP contribution in [0.2, 0.25) is 0 Å². The summed E-state index contributed by atoms with van der Waals surface area (Å²) in [5.41, 5.74) is -0.389. The third-order valence-electron chi connectivity index (χ3n) is 5.52. The molecule has 1 heterocycles. The van der Waals surface area contributed by atoms with E-state index in [2.05, 4.69) is 4.90 Å². The Morgan fingerprint density at radius 2 is 1.75 bits per heavy atom. The normalized spacial score (nSPS) is 28.1. The number of amides is 1. The van der Waals surface area contributed by atoms with Crippen molar-refractivity contribution in [3.8, 4) is 0 Å². The maximum Gasteiger partial charge on any atom is 0.231 e. The molecule has 3 fully saturated rings. The first-order chi connectivity index (χ1) is 9.75. The van der Waals surface area contributed by atoms with Gasteiger partial charge in [-0.15, -0.1) is 0 Å². The van der Waals surface area contributed by atoms with Crippen molar-refractivity contribution in [3.05, 3.63) is 0 Å². The number of carbonyl (C=O) groups excluding carboxylic acids is 1. The predicted molar refractivity (Wildman–Crippen MR) is 78.4 cm³/mol. The van der Waals surface area contributed by atoms with Crippen molar-refractivity contribution in [1.29, 1.82) is 0 Å². The summed E-state index contributed by atoms with van der Waals surface area (Å²) in [6.07, 6.45) is 9.67. The largest absolute Gasteiger partial charge is 0.395 e. The standard InChI is InChI=1S/C16H28N2O2/c19-13-16(7-8-16)15(20)18-10-4-9-17(11-12-18)14-5-2-1-3-6-14/h14,19H,1-13H2. The smallest absolute Gasteiger partial charge is 0.231 e. The second-order valence-electron chi connectivity index (χ2n) is 6.91. The topological polar surface area (TPSA) is 43.8 Å². The van der Waals surface area contributed by atoms with E-state index in [1.54, 1.807) is 0 Å². The Hall–Kier alpha value is -0.610. The minimum atomic E-state index is -0.389. The number of carbonyl (C=O) groups is 1. The molecule has 0 aromatic carbocycles. The first-order valence-corrected chi connectivity index (χ1v) is 8.39. The van der Waals surface area contributed by atoms with Gasteiger partial charge in [0.2, 0.25) is 5.91 Å². The molecule has 1 aliphatic heterocycles. The Balaban J connectivity index is 1.55. The molecule has 4 heteroatoms. The van der Waals surface area contributed by atoms with Crippen molar-refractivity contribution < 1.29 is 9.90 Å². The predicted octanol–water partition coefficient (Wildman–Crippen LogP) is 1.63. The van der Waals surface area contributed by atoms with Gasteiger partial charge in [-0.2, -0.15) is 0 Å². The molecule has 0 spiro atoms. The second-order valence-corrected chi connectivity index (χ2v) is 6.91. The van der Waals surface area contributed by atoms with E-state index in [9.17, 15) is 9.90 Å². The molecule has 1 N–H and O–H groups in total. The van der Waals surface area contributed by atoms with E-state index < -0.39 is 0 Å². The molecule has 0 aromatic heterocycles. The van der Waals surface area contributed by atoms with Crippen LogP contribution >= 0.6 is 0 Å². The summed E-state index contributed by atoms with van der Waals surface area (Å²) in [6.45, 7) is 3.94. The highest BCUT2D eigenvalue weighted by Crippen LogP contribution is 2.46. The fraction of sp³-hybridized carbons (Fsp3) is 0.938. The average molecular weight is 280 g/mol. The summed E-state index contributed by atoms with van der Waals surface area (Å²) < 4.78 is 0. The summed E-state index contributed by atoms with van der Waals surface area (Å²) in [5.74, 6) is 0.213. The number of nitrogens with zero attached hydrogens (tertiary/aromatic N) is 2. The van der Waals surface area contributed by atoms with Crippen LogP contribution in [-0.2, 0) is 4.79 Å². The number of rotatable bonds is 3.